The van der Waals surface area contributed by atoms with Crippen molar-refractivity contribution in [3.63, 3.8) is 0 Å². The summed E-state index contributed by atoms with van der Waals surface area (Å²) >= 11 is 0. The standard InChI is InChI=1S/C14H23N5O2/c1-8-6-5-7-11(9(8)2)17-13-12(19(20)21)10(3)16-14(15-4)18-13/h8-9,11H,5-7H2,1-4H3,(H2,15,16,17,18). The van der Waals surface area contributed by atoms with E-state index in [1.807, 2.05) is 0 Å². The number of aromatic nitrogens is 2. The first kappa shape index (κ1) is 15.5. The Hall–Kier alpha value is -1.92. The van der Waals surface area contributed by atoms with Crippen LogP contribution >= 0.6 is 0 Å². The van der Waals surface area contributed by atoms with Crippen molar-refractivity contribution in [2.45, 2.75) is 46.1 Å². The second kappa shape index (κ2) is 6.24. The minimum Gasteiger partial charge on any atom is -0.361 e. The van der Waals surface area contributed by atoms with Crippen molar-refractivity contribution >= 4 is 17.5 Å². The minimum absolute atomic E-state index is 0.0283. The SMILES string of the molecule is CNc1nc(C)c([N+](=O)[O-])c(NC2CCCC(C)C2C)n1. The Kier molecular flexibility index (Phi) is 4.59. The van der Waals surface area contributed by atoms with Gasteiger partial charge >= 0.3 is 5.69 Å². The van der Waals surface area contributed by atoms with Crippen LogP contribution in [0.3, 0.4) is 0 Å². The Morgan fingerprint density at radius 3 is 2.62 bits per heavy atom. The number of hydrogen-bond acceptors (Lipinski definition) is 6. The maximum Gasteiger partial charge on any atom is 0.332 e. The minimum atomic E-state index is -0.409. The van der Waals surface area contributed by atoms with Crippen LogP contribution in [0.2, 0.25) is 0 Å². The largest absolute Gasteiger partial charge is 0.361 e. The van der Waals surface area contributed by atoms with Gasteiger partial charge in [-0.25, -0.2) is 4.98 Å². The summed E-state index contributed by atoms with van der Waals surface area (Å²) in [6.45, 7) is 6.07. The molecule has 1 aliphatic rings. The van der Waals surface area contributed by atoms with Gasteiger partial charge < -0.3 is 10.6 Å². The fraction of sp³-hybridized carbons (Fsp3) is 0.714. The summed E-state index contributed by atoms with van der Waals surface area (Å²) < 4.78 is 0. The molecule has 3 atom stereocenters. The monoisotopic (exact) mass is 293 g/mol. The van der Waals surface area contributed by atoms with E-state index < -0.39 is 4.92 Å². The van der Waals surface area contributed by atoms with E-state index in [0.29, 0.717) is 29.3 Å². The van der Waals surface area contributed by atoms with E-state index in [-0.39, 0.29) is 11.7 Å². The number of rotatable bonds is 4. The van der Waals surface area contributed by atoms with Crippen LogP contribution in [0.15, 0.2) is 0 Å². The number of hydrogen-bond donors (Lipinski definition) is 2. The van der Waals surface area contributed by atoms with Crippen molar-refractivity contribution < 1.29 is 4.92 Å². The normalized spacial score (nSPS) is 25.4. The Labute approximate surface area is 124 Å². The van der Waals surface area contributed by atoms with Gasteiger partial charge in [0.25, 0.3) is 0 Å². The lowest BCUT2D eigenvalue weighted by Crippen LogP contribution is -2.35. The average Bonchev–Trinajstić information content (AvgIpc) is 2.42. The predicted molar refractivity (Wildman–Crippen MR) is 82.6 cm³/mol. The zero-order valence-electron chi connectivity index (χ0n) is 13.0. The number of nitro groups is 1. The van der Waals surface area contributed by atoms with Crippen LogP contribution in [-0.4, -0.2) is 28.0 Å². The van der Waals surface area contributed by atoms with Crippen molar-refractivity contribution in [2.24, 2.45) is 11.8 Å². The van der Waals surface area contributed by atoms with E-state index in [4.69, 9.17) is 0 Å². The van der Waals surface area contributed by atoms with Gasteiger partial charge in [0, 0.05) is 13.1 Å². The van der Waals surface area contributed by atoms with Crippen LogP contribution in [0.5, 0.6) is 0 Å². The highest BCUT2D eigenvalue weighted by Crippen LogP contribution is 2.34. The van der Waals surface area contributed by atoms with E-state index in [0.717, 1.165) is 12.8 Å². The Balaban J connectivity index is 2.33. The second-order valence-corrected chi connectivity index (χ2v) is 5.86. The highest BCUT2D eigenvalue weighted by Gasteiger charge is 2.30. The molecule has 1 aliphatic carbocycles. The number of nitrogens with zero attached hydrogens (tertiary/aromatic N) is 3. The van der Waals surface area contributed by atoms with Gasteiger partial charge in [-0.1, -0.05) is 26.7 Å². The summed E-state index contributed by atoms with van der Waals surface area (Å²) in [5.41, 5.74) is 0.345. The van der Waals surface area contributed by atoms with Crippen LogP contribution < -0.4 is 10.6 Å². The van der Waals surface area contributed by atoms with Gasteiger partial charge in [0.05, 0.1) is 4.92 Å². The zero-order chi connectivity index (χ0) is 15.6. The molecule has 21 heavy (non-hydrogen) atoms. The molecular formula is C14H23N5O2. The molecule has 3 unspecified atom stereocenters. The first-order valence-corrected chi connectivity index (χ1v) is 7.41. The molecule has 0 aromatic carbocycles. The molecule has 1 saturated carbocycles. The van der Waals surface area contributed by atoms with E-state index in [2.05, 4.69) is 34.4 Å². The molecule has 0 saturated heterocycles. The van der Waals surface area contributed by atoms with Crippen molar-refractivity contribution in [3.8, 4) is 0 Å². The molecule has 1 heterocycles. The van der Waals surface area contributed by atoms with Gasteiger partial charge in [-0.3, -0.25) is 10.1 Å². The maximum atomic E-state index is 11.3. The third kappa shape index (κ3) is 3.22. The highest BCUT2D eigenvalue weighted by atomic mass is 16.6. The molecule has 2 N–H and O–H groups in total. The first-order chi connectivity index (χ1) is 9.93. The van der Waals surface area contributed by atoms with Crippen LogP contribution in [0, 0.1) is 28.9 Å². The first-order valence-electron chi connectivity index (χ1n) is 7.41. The van der Waals surface area contributed by atoms with Crippen LogP contribution in [0.25, 0.3) is 0 Å². The molecule has 1 fully saturated rings. The quantitative estimate of drug-likeness (QED) is 0.655. The van der Waals surface area contributed by atoms with E-state index in [1.54, 1.807) is 14.0 Å². The number of aryl methyl sites for hydroxylation is 1. The molecule has 0 spiro atoms. The second-order valence-electron chi connectivity index (χ2n) is 5.86. The maximum absolute atomic E-state index is 11.3. The van der Waals surface area contributed by atoms with Gasteiger partial charge in [-0.15, -0.1) is 0 Å². The number of nitrogens with one attached hydrogen (secondary N) is 2. The van der Waals surface area contributed by atoms with Gasteiger partial charge in [-0.2, -0.15) is 4.98 Å². The molecule has 0 amide bonds. The Bertz CT molecular complexity index is 534. The summed E-state index contributed by atoms with van der Waals surface area (Å²) in [6.07, 6.45) is 3.37. The molecule has 1 aromatic heterocycles. The highest BCUT2D eigenvalue weighted by molar-refractivity contribution is 5.61. The van der Waals surface area contributed by atoms with Gasteiger partial charge in [0.2, 0.25) is 11.8 Å². The lowest BCUT2D eigenvalue weighted by molar-refractivity contribution is -0.385. The van der Waals surface area contributed by atoms with Gasteiger partial charge in [0.1, 0.15) is 5.69 Å². The molecule has 0 bridgehead atoms. The lowest BCUT2D eigenvalue weighted by Gasteiger charge is -2.34. The van der Waals surface area contributed by atoms with Crippen molar-refractivity contribution in [2.75, 3.05) is 17.7 Å². The predicted octanol–water partition coefficient (Wildman–Crippen LogP) is 2.97. The summed E-state index contributed by atoms with van der Waals surface area (Å²) in [5, 5.41) is 17.4. The molecule has 1 aromatic rings. The number of anilines is 2. The lowest BCUT2D eigenvalue weighted by atomic mass is 9.78. The molecule has 7 heteroatoms. The summed E-state index contributed by atoms with van der Waals surface area (Å²) in [6, 6.07) is 0.214. The summed E-state index contributed by atoms with van der Waals surface area (Å²) in [5.74, 6) is 1.80. The smallest absolute Gasteiger partial charge is 0.332 e. The van der Waals surface area contributed by atoms with E-state index in [9.17, 15) is 10.1 Å². The van der Waals surface area contributed by atoms with Crippen molar-refractivity contribution in [1.29, 1.82) is 0 Å². The van der Waals surface area contributed by atoms with Gasteiger partial charge in [0.15, 0.2) is 0 Å². The molecule has 7 nitrogen and oxygen atoms in total. The fourth-order valence-corrected chi connectivity index (χ4v) is 2.96. The van der Waals surface area contributed by atoms with E-state index in [1.165, 1.54) is 6.42 Å². The third-order valence-electron chi connectivity index (χ3n) is 4.49. The Morgan fingerprint density at radius 1 is 1.29 bits per heavy atom. The molecule has 0 aliphatic heterocycles. The molecular weight excluding hydrogens is 270 g/mol. The topological polar surface area (TPSA) is 93.0 Å². The van der Waals surface area contributed by atoms with Crippen LogP contribution in [0.4, 0.5) is 17.5 Å². The Morgan fingerprint density at radius 2 is 2.00 bits per heavy atom. The van der Waals surface area contributed by atoms with E-state index >= 15 is 0 Å². The van der Waals surface area contributed by atoms with Crippen molar-refractivity contribution in [1.82, 2.24) is 9.97 Å². The summed E-state index contributed by atoms with van der Waals surface area (Å²) in [7, 11) is 1.70. The molecule has 0 radical (unpaired) electrons. The van der Waals surface area contributed by atoms with Gasteiger partial charge in [-0.05, 0) is 25.2 Å². The van der Waals surface area contributed by atoms with Crippen LogP contribution in [-0.2, 0) is 0 Å². The zero-order valence-corrected chi connectivity index (χ0v) is 13.0. The fourth-order valence-electron chi connectivity index (χ4n) is 2.96. The summed E-state index contributed by atoms with van der Waals surface area (Å²) in [4.78, 5) is 19.2. The molecule has 116 valence electrons. The third-order valence-corrected chi connectivity index (χ3v) is 4.49. The molecule has 2 rings (SSSR count). The average molecular weight is 293 g/mol. The van der Waals surface area contributed by atoms with Crippen LogP contribution in [0.1, 0.15) is 38.8 Å². The van der Waals surface area contributed by atoms with Crippen molar-refractivity contribution in [3.05, 3.63) is 15.8 Å².